The summed E-state index contributed by atoms with van der Waals surface area (Å²) < 4.78 is 29.1. The van der Waals surface area contributed by atoms with Crippen LogP contribution < -0.4 is 25.1 Å². The first-order chi connectivity index (χ1) is 12.5. The zero-order valence-corrected chi connectivity index (χ0v) is 14.3. The molecular weight excluding hydrogens is 343 g/mol. The van der Waals surface area contributed by atoms with Crippen molar-refractivity contribution in [2.45, 2.75) is 13.0 Å². The number of para-hydroxylation sites is 3. The standard InChI is InChI=1S/C18H19FN2O5/c1-12(26-14-8-4-3-7-13(14)19)18(23)21-20-17(22)11-25-16-10-6-5-9-15(16)24-2/h3-10,12H,11H2,1-2H3,(H,20,22)(H,21,23)/t12-/m1/s1. The largest absolute Gasteiger partial charge is 0.493 e. The summed E-state index contributed by atoms with van der Waals surface area (Å²) >= 11 is 0. The molecule has 2 amide bonds. The molecule has 0 heterocycles. The van der Waals surface area contributed by atoms with Gasteiger partial charge in [0.15, 0.2) is 35.8 Å². The second kappa shape index (κ2) is 9.26. The van der Waals surface area contributed by atoms with E-state index in [0.29, 0.717) is 11.5 Å². The Hall–Kier alpha value is -3.29. The predicted molar refractivity (Wildman–Crippen MR) is 91.3 cm³/mol. The van der Waals surface area contributed by atoms with Gasteiger partial charge in [0, 0.05) is 0 Å². The molecule has 0 aliphatic heterocycles. The summed E-state index contributed by atoms with van der Waals surface area (Å²) in [6, 6.07) is 12.6. The molecule has 0 unspecified atom stereocenters. The van der Waals surface area contributed by atoms with Crippen molar-refractivity contribution < 1.29 is 28.2 Å². The van der Waals surface area contributed by atoms with Crippen molar-refractivity contribution in [3.8, 4) is 17.2 Å². The zero-order chi connectivity index (χ0) is 18.9. The first-order valence-corrected chi connectivity index (χ1v) is 7.77. The Kier molecular flexibility index (Phi) is 6.78. The number of methoxy groups -OCH3 is 1. The van der Waals surface area contributed by atoms with Crippen LogP contribution in [0.5, 0.6) is 17.2 Å². The summed E-state index contributed by atoms with van der Waals surface area (Å²) in [4.78, 5) is 23.7. The Balaban J connectivity index is 1.77. The fourth-order valence-electron chi connectivity index (χ4n) is 1.93. The van der Waals surface area contributed by atoms with Crippen LogP contribution in [0.3, 0.4) is 0 Å². The van der Waals surface area contributed by atoms with Gasteiger partial charge in [-0.1, -0.05) is 24.3 Å². The highest BCUT2D eigenvalue weighted by molar-refractivity contribution is 5.85. The van der Waals surface area contributed by atoms with Gasteiger partial charge in [0.05, 0.1) is 7.11 Å². The molecule has 2 aromatic carbocycles. The molecule has 2 N–H and O–H groups in total. The molecule has 26 heavy (non-hydrogen) atoms. The minimum atomic E-state index is -1.01. The quantitative estimate of drug-likeness (QED) is 0.734. The van der Waals surface area contributed by atoms with Gasteiger partial charge >= 0.3 is 0 Å². The average molecular weight is 362 g/mol. The summed E-state index contributed by atoms with van der Waals surface area (Å²) in [5.41, 5.74) is 4.38. The second-order valence-electron chi connectivity index (χ2n) is 5.17. The zero-order valence-electron chi connectivity index (χ0n) is 14.3. The fourth-order valence-corrected chi connectivity index (χ4v) is 1.93. The van der Waals surface area contributed by atoms with Gasteiger partial charge in [-0.25, -0.2) is 4.39 Å². The number of amides is 2. The predicted octanol–water partition coefficient (Wildman–Crippen LogP) is 1.83. The maximum Gasteiger partial charge on any atom is 0.279 e. The first kappa shape index (κ1) is 19.0. The van der Waals surface area contributed by atoms with Crippen molar-refractivity contribution in [1.82, 2.24) is 10.9 Å². The van der Waals surface area contributed by atoms with Crippen molar-refractivity contribution in [3.63, 3.8) is 0 Å². The van der Waals surface area contributed by atoms with Gasteiger partial charge in [0.25, 0.3) is 11.8 Å². The molecule has 0 saturated carbocycles. The highest BCUT2D eigenvalue weighted by Gasteiger charge is 2.17. The lowest BCUT2D eigenvalue weighted by atomic mass is 10.3. The molecular formula is C18H19FN2O5. The number of carbonyl (C=O) groups excluding carboxylic acids is 2. The molecule has 0 fully saturated rings. The minimum Gasteiger partial charge on any atom is -0.493 e. The van der Waals surface area contributed by atoms with Crippen LogP contribution in [0.2, 0.25) is 0 Å². The highest BCUT2D eigenvalue weighted by atomic mass is 19.1. The Morgan fingerprint density at radius 1 is 1.00 bits per heavy atom. The molecule has 0 saturated heterocycles. The van der Waals surface area contributed by atoms with Crippen molar-refractivity contribution in [1.29, 1.82) is 0 Å². The van der Waals surface area contributed by atoms with E-state index in [1.807, 2.05) is 0 Å². The van der Waals surface area contributed by atoms with E-state index in [9.17, 15) is 14.0 Å². The van der Waals surface area contributed by atoms with Crippen LogP contribution in [0.15, 0.2) is 48.5 Å². The second-order valence-corrected chi connectivity index (χ2v) is 5.17. The van der Waals surface area contributed by atoms with Crippen LogP contribution in [-0.4, -0.2) is 31.6 Å². The van der Waals surface area contributed by atoms with Gasteiger partial charge in [-0.2, -0.15) is 0 Å². The van der Waals surface area contributed by atoms with E-state index in [2.05, 4.69) is 10.9 Å². The van der Waals surface area contributed by atoms with E-state index in [1.165, 1.54) is 32.2 Å². The van der Waals surface area contributed by atoms with Gasteiger partial charge in [-0.15, -0.1) is 0 Å². The third-order valence-corrected chi connectivity index (χ3v) is 3.26. The molecule has 0 bridgehead atoms. The molecule has 2 aromatic rings. The number of benzene rings is 2. The van der Waals surface area contributed by atoms with Crippen LogP contribution in [0, 0.1) is 5.82 Å². The smallest absolute Gasteiger partial charge is 0.279 e. The van der Waals surface area contributed by atoms with Crippen LogP contribution >= 0.6 is 0 Å². The fraction of sp³-hybridized carbons (Fsp3) is 0.222. The monoisotopic (exact) mass is 362 g/mol. The Morgan fingerprint density at radius 2 is 1.62 bits per heavy atom. The number of hydrogen-bond acceptors (Lipinski definition) is 5. The third kappa shape index (κ3) is 5.37. The first-order valence-electron chi connectivity index (χ1n) is 7.77. The molecule has 1 atom stereocenters. The van der Waals surface area contributed by atoms with Gasteiger partial charge in [0.2, 0.25) is 0 Å². The maximum absolute atomic E-state index is 13.5. The summed E-state index contributed by atoms with van der Waals surface area (Å²) in [5.74, 6) is -0.979. The summed E-state index contributed by atoms with van der Waals surface area (Å²) in [6.07, 6.45) is -1.01. The lowest BCUT2D eigenvalue weighted by Crippen LogP contribution is -2.48. The van der Waals surface area contributed by atoms with Crippen LogP contribution in [0.1, 0.15) is 6.92 Å². The Labute approximate surface area is 150 Å². The molecule has 0 spiro atoms. The van der Waals surface area contributed by atoms with Crippen molar-refractivity contribution in [2.75, 3.05) is 13.7 Å². The van der Waals surface area contributed by atoms with E-state index in [0.717, 1.165) is 0 Å². The average Bonchev–Trinajstić information content (AvgIpc) is 2.66. The number of nitrogens with one attached hydrogen (secondary N) is 2. The molecule has 0 aliphatic rings. The van der Waals surface area contributed by atoms with Crippen LogP contribution in [0.25, 0.3) is 0 Å². The van der Waals surface area contributed by atoms with Crippen molar-refractivity contribution in [3.05, 3.63) is 54.3 Å². The van der Waals surface area contributed by atoms with E-state index < -0.39 is 23.7 Å². The summed E-state index contributed by atoms with van der Waals surface area (Å²) in [6.45, 7) is 1.10. The van der Waals surface area contributed by atoms with E-state index in [1.54, 1.807) is 30.3 Å². The van der Waals surface area contributed by atoms with E-state index in [-0.39, 0.29) is 12.4 Å². The highest BCUT2D eigenvalue weighted by Crippen LogP contribution is 2.25. The molecule has 2 rings (SSSR count). The molecule has 0 aromatic heterocycles. The Bertz CT molecular complexity index is 769. The van der Waals surface area contributed by atoms with Gasteiger partial charge in [0.1, 0.15) is 0 Å². The number of rotatable bonds is 7. The van der Waals surface area contributed by atoms with Gasteiger partial charge in [-0.3, -0.25) is 20.4 Å². The van der Waals surface area contributed by atoms with Gasteiger partial charge < -0.3 is 14.2 Å². The lowest BCUT2D eigenvalue weighted by Gasteiger charge is -2.15. The SMILES string of the molecule is COc1ccccc1OCC(=O)NNC(=O)[C@@H](C)Oc1ccccc1F. The molecule has 138 valence electrons. The van der Waals surface area contributed by atoms with Crippen molar-refractivity contribution in [2.24, 2.45) is 0 Å². The van der Waals surface area contributed by atoms with Crippen LogP contribution in [0.4, 0.5) is 4.39 Å². The van der Waals surface area contributed by atoms with Crippen LogP contribution in [-0.2, 0) is 9.59 Å². The lowest BCUT2D eigenvalue weighted by molar-refractivity contribution is -0.133. The number of hydrogen-bond donors (Lipinski definition) is 2. The maximum atomic E-state index is 13.5. The molecule has 7 nitrogen and oxygen atoms in total. The minimum absolute atomic E-state index is 0.0546. The normalized spacial score (nSPS) is 11.2. The third-order valence-electron chi connectivity index (χ3n) is 3.26. The van der Waals surface area contributed by atoms with Gasteiger partial charge in [-0.05, 0) is 31.2 Å². The molecule has 0 radical (unpaired) electrons. The summed E-state index contributed by atoms with van der Waals surface area (Å²) in [5, 5.41) is 0. The summed E-state index contributed by atoms with van der Waals surface area (Å²) in [7, 11) is 1.49. The van der Waals surface area contributed by atoms with Crippen molar-refractivity contribution >= 4 is 11.8 Å². The topological polar surface area (TPSA) is 85.9 Å². The Morgan fingerprint density at radius 3 is 2.27 bits per heavy atom. The molecule has 0 aliphatic carbocycles. The van der Waals surface area contributed by atoms with E-state index in [4.69, 9.17) is 14.2 Å². The molecule has 8 heteroatoms. The number of carbonyl (C=O) groups is 2. The number of halogens is 1. The van der Waals surface area contributed by atoms with E-state index >= 15 is 0 Å². The number of ether oxygens (including phenoxy) is 3. The number of hydrazine groups is 1.